The summed E-state index contributed by atoms with van der Waals surface area (Å²) in [6.07, 6.45) is 0.194. The fourth-order valence-electron chi connectivity index (χ4n) is 3.10. The fourth-order valence-corrected chi connectivity index (χ4v) is 5.01. The molecular weight excluding hydrogens is 382 g/mol. The van der Waals surface area contributed by atoms with Gasteiger partial charge in [-0.1, -0.05) is 11.6 Å². The van der Waals surface area contributed by atoms with Crippen molar-refractivity contribution < 1.29 is 22.4 Å². The molecule has 3 rings (SSSR count). The standard InChI is InChI=1S/C17H18ClNO6S/c1-9-11-5-13(18)15(24-2)7-14(11)25-17(21)12(9)6-16(20)19-10-3-4-26(22,23)8-10/h5,7,10H,3-4,6,8H2,1-2H3,(H,19,20)/t10-/m1/s1. The smallest absolute Gasteiger partial charge is 0.340 e. The van der Waals surface area contributed by atoms with E-state index < -0.39 is 27.4 Å². The number of hydrogen-bond donors (Lipinski definition) is 1. The first-order valence-corrected chi connectivity index (χ1v) is 10.2. The van der Waals surface area contributed by atoms with Gasteiger partial charge in [-0.05, 0) is 25.0 Å². The van der Waals surface area contributed by atoms with Crippen LogP contribution in [0.4, 0.5) is 0 Å². The van der Waals surface area contributed by atoms with Crippen LogP contribution in [0.5, 0.6) is 5.75 Å². The SMILES string of the molecule is COc1cc2oc(=O)c(CC(=O)N[C@@H]3CCS(=O)(=O)C3)c(C)c2cc1Cl. The van der Waals surface area contributed by atoms with Crippen LogP contribution in [0.15, 0.2) is 21.3 Å². The number of carbonyl (C=O) groups is 1. The number of amides is 1. The van der Waals surface area contributed by atoms with Gasteiger partial charge in [0, 0.05) is 17.5 Å². The second kappa shape index (κ2) is 6.92. The molecule has 1 aromatic carbocycles. The Balaban J connectivity index is 1.88. The number of halogens is 1. The van der Waals surface area contributed by atoms with Gasteiger partial charge in [0.05, 0.1) is 35.6 Å². The van der Waals surface area contributed by atoms with Crippen LogP contribution in [0.3, 0.4) is 0 Å². The summed E-state index contributed by atoms with van der Waals surface area (Å²) in [5.41, 5.74) is 0.514. The molecule has 0 spiro atoms. The first-order valence-electron chi connectivity index (χ1n) is 8.00. The zero-order valence-electron chi connectivity index (χ0n) is 14.3. The number of carbonyl (C=O) groups excluding carboxylic acids is 1. The number of rotatable bonds is 4. The first-order chi connectivity index (χ1) is 12.2. The van der Waals surface area contributed by atoms with E-state index in [2.05, 4.69) is 5.32 Å². The maximum atomic E-state index is 12.3. The molecule has 1 atom stereocenters. The normalized spacial score (nSPS) is 18.8. The molecule has 0 unspecified atom stereocenters. The third-order valence-electron chi connectivity index (χ3n) is 4.49. The van der Waals surface area contributed by atoms with Gasteiger partial charge in [-0.2, -0.15) is 0 Å². The highest BCUT2D eigenvalue weighted by atomic mass is 35.5. The van der Waals surface area contributed by atoms with Crippen molar-refractivity contribution in [2.45, 2.75) is 25.8 Å². The minimum atomic E-state index is -3.09. The molecule has 7 nitrogen and oxygen atoms in total. The molecule has 1 aliphatic heterocycles. The van der Waals surface area contributed by atoms with Gasteiger partial charge in [0.25, 0.3) is 0 Å². The van der Waals surface area contributed by atoms with Gasteiger partial charge in [0.1, 0.15) is 11.3 Å². The largest absolute Gasteiger partial charge is 0.495 e. The van der Waals surface area contributed by atoms with Crippen LogP contribution in [0.1, 0.15) is 17.5 Å². The molecule has 0 bridgehead atoms. The van der Waals surface area contributed by atoms with Crippen LogP contribution in [0.25, 0.3) is 11.0 Å². The van der Waals surface area contributed by atoms with Gasteiger partial charge in [0.15, 0.2) is 9.84 Å². The highest BCUT2D eigenvalue weighted by Crippen LogP contribution is 2.31. The highest BCUT2D eigenvalue weighted by molar-refractivity contribution is 7.91. The van der Waals surface area contributed by atoms with Crippen molar-refractivity contribution in [2.75, 3.05) is 18.6 Å². The van der Waals surface area contributed by atoms with E-state index in [1.165, 1.54) is 13.2 Å². The average Bonchev–Trinajstić information content (AvgIpc) is 2.90. The van der Waals surface area contributed by atoms with Crippen LogP contribution in [0, 0.1) is 6.92 Å². The van der Waals surface area contributed by atoms with E-state index in [9.17, 15) is 18.0 Å². The molecule has 1 fully saturated rings. The number of benzene rings is 1. The predicted molar refractivity (Wildman–Crippen MR) is 97.7 cm³/mol. The van der Waals surface area contributed by atoms with Crippen LogP contribution >= 0.6 is 11.6 Å². The Labute approximate surface area is 155 Å². The monoisotopic (exact) mass is 399 g/mol. The summed E-state index contributed by atoms with van der Waals surface area (Å²) in [4.78, 5) is 24.6. The van der Waals surface area contributed by atoms with Crippen LogP contribution in [-0.4, -0.2) is 39.0 Å². The Bertz CT molecular complexity index is 1040. The Morgan fingerprint density at radius 1 is 1.42 bits per heavy atom. The van der Waals surface area contributed by atoms with Crippen molar-refractivity contribution >= 4 is 38.3 Å². The van der Waals surface area contributed by atoms with Gasteiger partial charge in [0.2, 0.25) is 5.91 Å². The summed E-state index contributed by atoms with van der Waals surface area (Å²) in [6, 6.07) is 2.73. The molecule has 9 heteroatoms. The average molecular weight is 400 g/mol. The summed E-state index contributed by atoms with van der Waals surface area (Å²) in [6.45, 7) is 1.71. The Morgan fingerprint density at radius 2 is 2.15 bits per heavy atom. The van der Waals surface area contributed by atoms with E-state index in [1.807, 2.05) is 0 Å². The zero-order chi connectivity index (χ0) is 19.1. The van der Waals surface area contributed by atoms with E-state index in [0.29, 0.717) is 33.7 Å². The Morgan fingerprint density at radius 3 is 2.77 bits per heavy atom. The molecule has 140 valence electrons. The third kappa shape index (κ3) is 3.71. The molecule has 1 amide bonds. The summed E-state index contributed by atoms with van der Waals surface area (Å²) in [7, 11) is -1.63. The molecule has 1 saturated heterocycles. The van der Waals surface area contributed by atoms with E-state index >= 15 is 0 Å². The number of aryl methyl sites for hydroxylation is 1. The number of methoxy groups -OCH3 is 1. The van der Waals surface area contributed by atoms with Crippen LogP contribution < -0.4 is 15.7 Å². The van der Waals surface area contributed by atoms with Gasteiger partial charge in [-0.3, -0.25) is 4.79 Å². The van der Waals surface area contributed by atoms with Gasteiger partial charge in [-0.25, -0.2) is 13.2 Å². The minimum Gasteiger partial charge on any atom is -0.495 e. The zero-order valence-corrected chi connectivity index (χ0v) is 15.9. The Kier molecular flexibility index (Phi) is 4.98. The molecule has 2 heterocycles. The van der Waals surface area contributed by atoms with Gasteiger partial charge >= 0.3 is 5.63 Å². The lowest BCUT2D eigenvalue weighted by atomic mass is 10.0. The molecule has 1 aromatic heterocycles. The molecular formula is C17H18ClNO6S. The lowest BCUT2D eigenvalue weighted by molar-refractivity contribution is -0.121. The van der Waals surface area contributed by atoms with Gasteiger partial charge in [-0.15, -0.1) is 0 Å². The van der Waals surface area contributed by atoms with Crippen molar-refractivity contribution in [3.05, 3.63) is 38.7 Å². The van der Waals surface area contributed by atoms with E-state index in [4.69, 9.17) is 20.8 Å². The van der Waals surface area contributed by atoms with E-state index in [1.54, 1.807) is 13.0 Å². The lowest BCUT2D eigenvalue weighted by Gasteiger charge is -2.12. The van der Waals surface area contributed by atoms with E-state index in [0.717, 1.165) is 0 Å². The lowest BCUT2D eigenvalue weighted by Crippen LogP contribution is -2.37. The van der Waals surface area contributed by atoms with Crippen molar-refractivity contribution in [3.8, 4) is 5.75 Å². The molecule has 2 aromatic rings. The topological polar surface area (TPSA) is 103 Å². The third-order valence-corrected chi connectivity index (χ3v) is 6.56. The first kappa shape index (κ1) is 18.7. The summed E-state index contributed by atoms with van der Waals surface area (Å²) in [5, 5.41) is 3.65. The summed E-state index contributed by atoms with van der Waals surface area (Å²) >= 11 is 6.13. The van der Waals surface area contributed by atoms with Gasteiger partial charge < -0.3 is 14.5 Å². The molecule has 0 aliphatic carbocycles. The highest BCUT2D eigenvalue weighted by Gasteiger charge is 2.29. The second-order valence-corrected chi connectivity index (χ2v) is 8.96. The molecule has 26 heavy (non-hydrogen) atoms. The quantitative estimate of drug-likeness (QED) is 0.783. The summed E-state index contributed by atoms with van der Waals surface area (Å²) < 4.78 is 33.4. The molecule has 0 radical (unpaired) electrons. The maximum Gasteiger partial charge on any atom is 0.340 e. The second-order valence-electron chi connectivity index (χ2n) is 6.32. The number of fused-ring (bicyclic) bond motifs is 1. The number of sulfone groups is 1. The molecule has 1 N–H and O–H groups in total. The van der Waals surface area contributed by atoms with Crippen LogP contribution in [0.2, 0.25) is 5.02 Å². The summed E-state index contributed by atoms with van der Waals surface area (Å²) in [5.74, 6) is -0.0365. The van der Waals surface area contributed by atoms with E-state index in [-0.39, 0.29) is 23.5 Å². The number of ether oxygens (including phenoxy) is 1. The van der Waals surface area contributed by atoms with Crippen LogP contribution in [-0.2, 0) is 21.1 Å². The number of hydrogen-bond acceptors (Lipinski definition) is 6. The molecule has 1 aliphatic rings. The van der Waals surface area contributed by atoms with Crippen molar-refractivity contribution in [3.63, 3.8) is 0 Å². The van der Waals surface area contributed by atoms with Crippen molar-refractivity contribution in [2.24, 2.45) is 0 Å². The predicted octanol–water partition coefficient (Wildman–Crippen LogP) is 1.61. The van der Waals surface area contributed by atoms with Crippen molar-refractivity contribution in [1.29, 1.82) is 0 Å². The fraction of sp³-hybridized carbons (Fsp3) is 0.412. The maximum absolute atomic E-state index is 12.3. The minimum absolute atomic E-state index is 0.0649. The molecule has 0 saturated carbocycles. The number of nitrogens with one attached hydrogen (secondary N) is 1. The van der Waals surface area contributed by atoms with Crippen molar-refractivity contribution in [1.82, 2.24) is 5.32 Å². The Hall–Kier alpha value is -2.06.